The lowest BCUT2D eigenvalue weighted by Crippen LogP contribution is -2.39. The lowest BCUT2D eigenvalue weighted by Gasteiger charge is -2.34. The summed E-state index contributed by atoms with van der Waals surface area (Å²) in [6.07, 6.45) is -4.19. The zero-order valence-corrected chi connectivity index (χ0v) is 11.1. The number of nitrogens with zero attached hydrogens (tertiary/aromatic N) is 1. The fourth-order valence-electron chi connectivity index (χ4n) is 2.48. The summed E-state index contributed by atoms with van der Waals surface area (Å²) in [6, 6.07) is 2.73. The average Bonchev–Trinajstić information content (AvgIpc) is 2.38. The van der Waals surface area contributed by atoms with Crippen molar-refractivity contribution in [2.45, 2.75) is 19.0 Å². The zero-order chi connectivity index (χ0) is 14.9. The number of alkyl halides is 3. The molecule has 112 valence electrons. The van der Waals surface area contributed by atoms with Gasteiger partial charge >= 0.3 is 6.18 Å². The first kappa shape index (κ1) is 14.7. The monoisotopic (exact) mass is 291 g/mol. The molecule has 0 aliphatic carbocycles. The summed E-state index contributed by atoms with van der Waals surface area (Å²) in [5.74, 6) is -1.80. The lowest BCUT2D eigenvalue weighted by molar-refractivity contribution is -0.179. The molecule has 3 N–H and O–H groups in total. The van der Waals surface area contributed by atoms with E-state index in [0.717, 1.165) is 0 Å². The third-order valence-corrected chi connectivity index (χ3v) is 3.69. The van der Waals surface area contributed by atoms with Crippen LogP contribution < -0.4 is 16.0 Å². The molecule has 1 aromatic rings. The van der Waals surface area contributed by atoms with Gasteiger partial charge in [-0.05, 0) is 18.9 Å². The van der Waals surface area contributed by atoms with Gasteiger partial charge in [0.05, 0.1) is 23.0 Å². The molecule has 0 spiro atoms. The first-order valence-corrected chi connectivity index (χ1v) is 6.41. The van der Waals surface area contributed by atoms with Crippen LogP contribution >= 0.6 is 0 Å². The predicted octanol–water partition coefficient (Wildman–Crippen LogP) is 3.23. The highest BCUT2D eigenvalue weighted by atomic mass is 19.4. The topological polar surface area (TPSA) is 41.3 Å². The molecule has 2 rings (SSSR count). The van der Waals surface area contributed by atoms with E-state index in [1.165, 1.54) is 6.07 Å². The third kappa shape index (κ3) is 2.91. The van der Waals surface area contributed by atoms with Crippen LogP contribution in [0.4, 0.5) is 34.6 Å². The van der Waals surface area contributed by atoms with Crippen LogP contribution in [0.1, 0.15) is 12.8 Å². The number of hydrogen-bond donors (Lipinski definition) is 2. The molecule has 3 nitrogen and oxygen atoms in total. The second-order valence-corrected chi connectivity index (χ2v) is 4.94. The predicted molar refractivity (Wildman–Crippen MR) is 71.4 cm³/mol. The van der Waals surface area contributed by atoms with Gasteiger partial charge in [0.25, 0.3) is 0 Å². The number of rotatable bonds is 2. The minimum Gasteiger partial charge on any atom is -0.397 e. The Morgan fingerprint density at radius 2 is 1.85 bits per heavy atom. The van der Waals surface area contributed by atoms with Gasteiger partial charge in [-0.1, -0.05) is 0 Å². The third-order valence-electron chi connectivity index (χ3n) is 3.69. The molecule has 0 bridgehead atoms. The van der Waals surface area contributed by atoms with Gasteiger partial charge in [-0.2, -0.15) is 13.2 Å². The summed E-state index contributed by atoms with van der Waals surface area (Å²) in [5, 5.41) is 2.84. The molecule has 0 radical (unpaired) electrons. The maximum absolute atomic E-state index is 13.9. The Hall–Kier alpha value is -1.66. The minimum atomic E-state index is -4.16. The maximum Gasteiger partial charge on any atom is 0.391 e. The molecule has 1 aliphatic heterocycles. The molecule has 0 atom stereocenters. The van der Waals surface area contributed by atoms with E-state index in [-0.39, 0.29) is 31.6 Å². The Bertz CT molecular complexity index is 479. The van der Waals surface area contributed by atoms with Crippen molar-refractivity contribution >= 4 is 17.1 Å². The van der Waals surface area contributed by atoms with Gasteiger partial charge in [-0.15, -0.1) is 0 Å². The van der Waals surface area contributed by atoms with Crippen LogP contribution in [0.5, 0.6) is 0 Å². The van der Waals surface area contributed by atoms with Gasteiger partial charge in [0.1, 0.15) is 5.82 Å². The van der Waals surface area contributed by atoms with Crippen LogP contribution in [-0.2, 0) is 0 Å². The van der Waals surface area contributed by atoms with E-state index in [1.807, 2.05) is 0 Å². The maximum atomic E-state index is 13.9. The summed E-state index contributed by atoms with van der Waals surface area (Å²) in [4.78, 5) is 1.64. The van der Waals surface area contributed by atoms with E-state index in [2.05, 4.69) is 5.32 Å². The van der Waals surface area contributed by atoms with Gasteiger partial charge in [0.15, 0.2) is 0 Å². The second kappa shape index (κ2) is 5.38. The Morgan fingerprint density at radius 1 is 1.25 bits per heavy atom. The second-order valence-electron chi connectivity index (χ2n) is 4.94. The molecule has 1 fully saturated rings. The molecule has 0 amide bonds. The van der Waals surface area contributed by atoms with Gasteiger partial charge < -0.3 is 16.0 Å². The Morgan fingerprint density at radius 3 is 2.35 bits per heavy atom. The molecule has 0 aromatic heterocycles. The van der Waals surface area contributed by atoms with Gasteiger partial charge in [0.2, 0.25) is 0 Å². The van der Waals surface area contributed by atoms with Crippen molar-refractivity contribution in [3.8, 4) is 0 Å². The van der Waals surface area contributed by atoms with Crippen molar-refractivity contribution in [1.29, 1.82) is 0 Å². The standard InChI is InChI=1S/C13H17F4N3/c1-19-11-7-12(9(14)6-10(11)18)20-4-2-8(3-5-20)13(15,16)17/h6-8,19H,2-5,18H2,1H3. The van der Waals surface area contributed by atoms with Crippen LogP contribution in [0, 0.1) is 11.7 Å². The normalized spacial score (nSPS) is 17.4. The van der Waals surface area contributed by atoms with Crippen LogP contribution in [0.15, 0.2) is 12.1 Å². The summed E-state index contributed by atoms with van der Waals surface area (Å²) in [5.41, 5.74) is 6.78. The van der Waals surface area contributed by atoms with Crippen LogP contribution in [-0.4, -0.2) is 26.3 Å². The Balaban J connectivity index is 2.15. The highest BCUT2D eigenvalue weighted by Gasteiger charge is 2.41. The number of nitrogen functional groups attached to an aromatic ring is 1. The molecule has 7 heteroatoms. The van der Waals surface area contributed by atoms with Crippen molar-refractivity contribution in [1.82, 2.24) is 0 Å². The Labute approximate surface area is 114 Å². The number of piperidine rings is 1. The number of nitrogens with two attached hydrogens (primary N) is 1. The van der Waals surface area contributed by atoms with Crippen molar-refractivity contribution < 1.29 is 17.6 Å². The van der Waals surface area contributed by atoms with E-state index in [0.29, 0.717) is 11.4 Å². The van der Waals surface area contributed by atoms with Crippen LogP contribution in [0.25, 0.3) is 0 Å². The van der Waals surface area contributed by atoms with Crippen molar-refractivity contribution in [3.05, 3.63) is 17.9 Å². The number of anilines is 3. The molecule has 1 heterocycles. The van der Waals surface area contributed by atoms with Crippen molar-refractivity contribution in [2.75, 3.05) is 36.1 Å². The number of nitrogens with one attached hydrogen (secondary N) is 1. The van der Waals surface area contributed by atoms with E-state index in [4.69, 9.17) is 5.73 Å². The van der Waals surface area contributed by atoms with Gasteiger partial charge in [-0.25, -0.2) is 4.39 Å². The van der Waals surface area contributed by atoms with Crippen molar-refractivity contribution in [2.24, 2.45) is 5.92 Å². The van der Waals surface area contributed by atoms with Crippen LogP contribution in [0.3, 0.4) is 0 Å². The molecule has 0 saturated carbocycles. The average molecular weight is 291 g/mol. The van der Waals surface area contributed by atoms with Gasteiger partial charge in [0, 0.05) is 26.2 Å². The van der Waals surface area contributed by atoms with Crippen LogP contribution in [0.2, 0.25) is 0 Å². The zero-order valence-electron chi connectivity index (χ0n) is 11.1. The number of halogens is 4. The highest BCUT2D eigenvalue weighted by Crippen LogP contribution is 2.37. The highest BCUT2D eigenvalue weighted by molar-refractivity contribution is 5.72. The molecular formula is C13H17F4N3. The molecule has 0 unspecified atom stereocenters. The largest absolute Gasteiger partial charge is 0.397 e. The smallest absolute Gasteiger partial charge is 0.391 e. The SMILES string of the molecule is CNc1cc(N2CCC(C(F)(F)F)CC2)c(F)cc1N. The first-order valence-electron chi connectivity index (χ1n) is 6.41. The minimum absolute atomic E-state index is 0.0117. The van der Waals surface area contributed by atoms with E-state index >= 15 is 0 Å². The molecule has 1 saturated heterocycles. The summed E-state index contributed by atoms with van der Waals surface area (Å²) in [6.45, 7) is 0.377. The first-order chi connectivity index (χ1) is 9.32. The summed E-state index contributed by atoms with van der Waals surface area (Å²) in [7, 11) is 1.66. The van der Waals surface area contributed by atoms with E-state index < -0.39 is 17.9 Å². The van der Waals surface area contributed by atoms with Gasteiger partial charge in [-0.3, -0.25) is 0 Å². The number of hydrogen-bond acceptors (Lipinski definition) is 3. The summed E-state index contributed by atoms with van der Waals surface area (Å²) >= 11 is 0. The molecular weight excluding hydrogens is 274 g/mol. The van der Waals surface area contributed by atoms with E-state index in [1.54, 1.807) is 18.0 Å². The molecule has 20 heavy (non-hydrogen) atoms. The summed E-state index contributed by atoms with van der Waals surface area (Å²) < 4.78 is 51.7. The quantitative estimate of drug-likeness (QED) is 0.649. The molecule has 1 aromatic carbocycles. The van der Waals surface area contributed by atoms with E-state index in [9.17, 15) is 17.6 Å². The lowest BCUT2D eigenvalue weighted by atomic mass is 9.96. The molecule has 1 aliphatic rings. The van der Waals surface area contributed by atoms with Crippen molar-refractivity contribution in [3.63, 3.8) is 0 Å². The number of benzene rings is 1. The Kier molecular flexibility index (Phi) is 3.96. The fraction of sp³-hybridized carbons (Fsp3) is 0.538. The fourth-order valence-corrected chi connectivity index (χ4v) is 2.48.